The van der Waals surface area contributed by atoms with Crippen LogP contribution in [0.3, 0.4) is 0 Å². The van der Waals surface area contributed by atoms with E-state index < -0.39 is 0 Å². The molecule has 7 heteroatoms. The Morgan fingerprint density at radius 2 is 2.12 bits per heavy atom. The van der Waals surface area contributed by atoms with Crippen molar-refractivity contribution in [2.45, 2.75) is 58.9 Å². The number of hydrogen-bond donors (Lipinski definition) is 2. The van der Waals surface area contributed by atoms with Crippen molar-refractivity contribution in [3.05, 3.63) is 12.2 Å². The van der Waals surface area contributed by atoms with Crippen LogP contribution < -0.4 is 10.6 Å². The molecule has 1 heterocycles. The molecule has 0 saturated heterocycles. The normalized spacial score (nSPS) is 21.2. The smallest absolute Gasteiger partial charge is 0.191 e. The van der Waals surface area contributed by atoms with Crippen molar-refractivity contribution in [1.82, 2.24) is 25.4 Å². The van der Waals surface area contributed by atoms with Crippen LogP contribution in [0.5, 0.6) is 0 Å². The van der Waals surface area contributed by atoms with E-state index in [1.807, 2.05) is 7.05 Å². The summed E-state index contributed by atoms with van der Waals surface area (Å²) in [5, 5.41) is 14.9. The molecular weight excluding hydrogens is 415 g/mol. The van der Waals surface area contributed by atoms with E-state index in [-0.39, 0.29) is 24.0 Å². The molecule has 0 bridgehead atoms. The first-order valence-corrected chi connectivity index (χ1v) is 9.04. The van der Waals surface area contributed by atoms with Gasteiger partial charge in [0.2, 0.25) is 0 Å². The minimum absolute atomic E-state index is 0. The van der Waals surface area contributed by atoms with E-state index in [1.165, 1.54) is 32.1 Å². The van der Waals surface area contributed by atoms with Crippen molar-refractivity contribution in [2.24, 2.45) is 16.8 Å². The van der Waals surface area contributed by atoms with Gasteiger partial charge in [-0.2, -0.15) is 0 Å². The third-order valence-corrected chi connectivity index (χ3v) is 4.77. The molecular formula is C17H33IN6. The van der Waals surface area contributed by atoms with Crippen molar-refractivity contribution >= 4 is 29.9 Å². The molecule has 2 unspecified atom stereocenters. The Balaban J connectivity index is 0.00000288. The fraction of sp³-hybridized carbons (Fsp3) is 0.824. The SMILES string of the molecule is CCc1nncn1CCNC(=NC)NCCC1CCCC(C)C1.I. The summed E-state index contributed by atoms with van der Waals surface area (Å²) >= 11 is 0. The lowest BCUT2D eigenvalue weighted by molar-refractivity contribution is 0.270. The van der Waals surface area contributed by atoms with Gasteiger partial charge in [0.15, 0.2) is 5.96 Å². The number of rotatable bonds is 7. The molecule has 2 atom stereocenters. The Morgan fingerprint density at radius 1 is 1.33 bits per heavy atom. The Hall–Kier alpha value is -0.860. The standard InChI is InChI=1S/C17H32N6.HI/c1-4-16-22-21-13-23(16)11-10-20-17(18-3)19-9-8-15-7-5-6-14(2)12-15;/h13-15H,4-12H2,1-3H3,(H2,18,19,20);1H. The molecule has 0 aromatic carbocycles. The summed E-state index contributed by atoms with van der Waals surface area (Å²) in [5.41, 5.74) is 0. The number of hydrogen-bond acceptors (Lipinski definition) is 3. The first-order chi connectivity index (χ1) is 11.2. The van der Waals surface area contributed by atoms with E-state index >= 15 is 0 Å². The number of guanidine groups is 1. The zero-order valence-electron chi connectivity index (χ0n) is 15.3. The number of nitrogens with zero attached hydrogens (tertiary/aromatic N) is 4. The predicted molar refractivity (Wildman–Crippen MR) is 110 cm³/mol. The van der Waals surface area contributed by atoms with Crippen molar-refractivity contribution in [1.29, 1.82) is 0 Å². The number of aliphatic imine (C=N–C) groups is 1. The van der Waals surface area contributed by atoms with Gasteiger partial charge >= 0.3 is 0 Å². The van der Waals surface area contributed by atoms with Crippen molar-refractivity contribution in [2.75, 3.05) is 20.1 Å². The zero-order chi connectivity index (χ0) is 16.5. The Morgan fingerprint density at radius 3 is 2.83 bits per heavy atom. The largest absolute Gasteiger partial charge is 0.356 e. The van der Waals surface area contributed by atoms with E-state index in [4.69, 9.17) is 0 Å². The third-order valence-electron chi connectivity index (χ3n) is 4.77. The first kappa shape index (κ1) is 21.2. The highest BCUT2D eigenvalue weighted by molar-refractivity contribution is 14.0. The summed E-state index contributed by atoms with van der Waals surface area (Å²) in [5.74, 6) is 3.71. The summed E-state index contributed by atoms with van der Waals surface area (Å²) in [7, 11) is 1.83. The van der Waals surface area contributed by atoms with E-state index in [1.54, 1.807) is 6.33 Å². The zero-order valence-corrected chi connectivity index (χ0v) is 17.6. The highest BCUT2D eigenvalue weighted by atomic mass is 127. The number of halogens is 1. The van der Waals surface area contributed by atoms with E-state index in [0.717, 1.165) is 49.7 Å². The predicted octanol–water partition coefficient (Wildman–Crippen LogP) is 2.84. The average Bonchev–Trinajstić information content (AvgIpc) is 3.01. The van der Waals surface area contributed by atoms with E-state index in [0.29, 0.717) is 0 Å². The lowest BCUT2D eigenvalue weighted by atomic mass is 9.81. The molecule has 1 fully saturated rings. The monoisotopic (exact) mass is 448 g/mol. The second-order valence-electron chi connectivity index (χ2n) is 6.65. The van der Waals surface area contributed by atoms with E-state index in [2.05, 4.69) is 44.2 Å². The van der Waals surface area contributed by atoms with Gasteiger partial charge < -0.3 is 15.2 Å². The van der Waals surface area contributed by atoms with Gasteiger partial charge in [-0.3, -0.25) is 4.99 Å². The summed E-state index contributed by atoms with van der Waals surface area (Å²) in [6.07, 6.45) is 9.55. The second kappa shape index (κ2) is 11.7. The van der Waals surface area contributed by atoms with Gasteiger partial charge in [-0.1, -0.05) is 33.1 Å². The molecule has 0 aliphatic heterocycles. The second-order valence-corrected chi connectivity index (χ2v) is 6.65. The van der Waals surface area contributed by atoms with Crippen LogP contribution in [0.1, 0.15) is 51.8 Å². The van der Waals surface area contributed by atoms with Gasteiger partial charge in [0.05, 0.1) is 0 Å². The Labute approximate surface area is 163 Å². The summed E-state index contributed by atoms with van der Waals surface area (Å²) in [4.78, 5) is 4.30. The van der Waals surface area contributed by atoms with Gasteiger partial charge in [0.1, 0.15) is 12.2 Å². The molecule has 0 radical (unpaired) electrons. The summed E-state index contributed by atoms with van der Waals surface area (Å²) in [6.45, 7) is 7.17. The molecule has 0 spiro atoms. The molecule has 1 aliphatic carbocycles. The Kier molecular flexibility index (Phi) is 10.3. The molecule has 24 heavy (non-hydrogen) atoms. The van der Waals surface area contributed by atoms with Gasteiger partial charge in [-0.15, -0.1) is 34.2 Å². The highest BCUT2D eigenvalue weighted by Gasteiger charge is 2.18. The number of nitrogens with one attached hydrogen (secondary N) is 2. The molecule has 138 valence electrons. The van der Waals surface area contributed by atoms with Crippen LogP contribution in [0.15, 0.2) is 11.3 Å². The number of aromatic nitrogens is 3. The van der Waals surface area contributed by atoms with Gasteiger partial charge in [0, 0.05) is 33.1 Å². The molecule has 1 aromatic rings. The fourth-order valence-corrected chi connectivity index (χ4v) is 3.47. The minimum atomic E-state index is 0. The molecule has 1 aromatic heterocycles. The lowest BCUT2D eigenvalue weighted by Crippen LogP contribution is -2.39. The summed E-state index contributed by atoms with van der Waals surface area (Å²) < 4.78 is 2.09. The Bertz CT molecular complexity index is 487. The van der Waals surface area contributed by atoms with E-state index in [9.17, 15) is 0 Å². The van der Waals surface area contributed by atoms with Crippen LogP contribution in [0.25, 0.3) is 0 Å². The maximum absolute atomic E-state index is 4.30. The quantitative estimate of drug-likeness (QED) is 0.383. The molecule has 6 nitrogen and oxygen atoms in total. The van der Waals surface area contributed by atoms with Crippen molar-refractivity contribution in [3.63, 3.8) is 0 Å². The van der Waals surface area contributed by atoms with Gasteiger partial charge in [-0.25, -0.2) is 0 Å². The van der Waals surface area contributed by atoms with Crippen LogP contribution in [-0.4, -0.2) is 40.9 Å². The van der Waals surface area contributed by atoms with Crippen LogP contribution in [0, 0.1) is 11.8 Å². The minimum Gasteiger partial charge on any atom is -0.356 e. The maximum Gasteiger partial charge on any atom is 0.191 e. The third kappa shape index (κ3) is 6.94. The fourth-order valence-electron chi connectivity index (χ4n) is 3.47. The van der Waals surface area contributed by atoms with Crippen LogP contribution in [0.2, 0.25) is 0 Å². The lowest BCUT2D eigenvalue weighted by Gasteiger charge is -2.26. The molecule has 2 N–H and O–H groups in total. The highest BCUT2D eigenvalue weighted by Crippen LogP contribution is 2.30. The van der Waals surface area contributed by atoms with Gasteiger partial charge in [0.25, 0.3) is 0 Å². The average molecular weight is 448 g/mol. The van der Waals surface area contributed by atoms with Gasteiger partial charge in [-0.05, 0) is 24.7 Å². The topological polar surface area (TPSA) is 67.1 Å². The van der Waals surface area contributed by atoms with Crippen LogP contribution in [0.4, 0.5) is 0 Å². The molecule has 2 rings (SSSR count). The van der Waals surface area contributed by atoms with Crippen LogP contribution in [-0.2, 0) is 13.0 Å². The first-order valence-electron chi connectivity index (χ1n) is 9.04. The van der Waals surface area contributed by atoms with Crippen LogP contribution >= 0.6 is 24.0 Å². The number of aryl methyl sites for hydroxylation is 1. The van der Waals surface area contributed by atoms with Crippen molar-refractivity contribution in [3.8, 4) is 0 Å². The molecule has 1 aliphatic rings. The molecule has 1 saturated carbocycles. The molecule has 0 amide bonds. The maximum atomic E-state index is 4.30. The van der Waals surface area contributed by atoms with Crippen molar-refractivity contribution < 1.29 is 0 Å². The summed E-state index contributed by atoms with van der Waals surface area (Å²) in [6, 6.07) is 0.